The van der Waals surface area contributed by atoms with Gasteiger partial charge in [-0.1, -0.05) is 32.0 Å². The number of amides is 1. The number of nitrogens with one attached hydrogen (secondary N) is 1. The Kier molecular flexibility index (Phi) is 3.87. The number of carbonyl (C=O) groups excluding carboxylic acids is 1. The molecule has 1 aromatic rings. The molecular weight excluding hydrogens is 226 g/mol. The molecule has 1 aromatic carbocycles. The topological polar surface area (TPSA) is 58.4 Å². The minimum absolute atomic E-state index is 0.0477. The molecule has 0 radical (unpaired) electrons. The Hall–Kier alpha value is -1.55. The summed E-state index contributed by atoms with van der Waals surface area (Å²) in [6.45, 7) is 6.02. The summed E-state index contributed by atoms with van der Waals surface area (Å²) in [5.41, 5.74) is 8.10. The monoisotopic (exact) mass is 247 g/mol. The van der Waals surface area contributed by atoms with Crippen LogP contribution >= 0.6 is 0 Å². The molecule has 4 heteroatoms. The Morgan fingerprint density at radius 2 is 2.17 bits per heavy atom. The predicted octanol–water partition coefficient (Wildman–Crippen LogP) is 1.07. The molecule has 18 heavy (non-hydrogen) atoms. The van der Waals surface area contributed by atoms with Crippen molar-refractivity contribution in [3.63, 3.8) is 0 Å². The van der Waals surface area contributed by atoms with E-state index in [4.69, 9.17) is 5.73 Å². The Balaban J connectivity index is 2.27. The second-order valence-corrected chi connectivity index (χ2v) is 5.09. The molecule has 98 valence electrons. The molecule has 0 saturated carbocycles. The van der Waals surface area contributed by atoms with Crippen LogP contribution in [0.3, 0.4) is 0 Å². The highest BCUT2D eigenvalue weighted by atomic mass is 16.2. The number of rotatable bonds is 3. The highest BCUT2D eigenvalue weighted by molar-refractivity contribution is 5.83. The van der Waals surface area contributed by atoms with Crippen LogP contribution in [0.2, 0.25) is 0 Å². The number of carbonyl (C=O) groups is 1. The first kappa shape index (κ1) is 12.9. The van der Waals surface area contributed by atoms with Crippen molar-refractivity contribution in [1.82, 2.24) is 5.32 Å². The van der Waals surface area contributed by atoms with Gasteiger partial charge in [0.2, 0.25) is 5.91 Å². The number of hydrogen-bond acceptors (Lipinski definition) is 3. The minimum atomic E-state index is 0.0477. The van der Waals surface area contributed by atoms with E-state index in [2.05, 4.69) is 36.2 Å². The maximum atomic E-state index is 11.7. The lowest BCUT2D eigenvalue weighted by Gasteiger charge is -2.35. The molecule has 2 rings (SSSR count). The molecule has 1 aliphatic heterocycles. The van der Waals surface area contributed by atoms with E-state index in [0.29, 0.717) is 19.0 Å². The molecule has 0 aliphatic carbocycles. The van der Waals surface area contributed by atoms with Gasteiger partial charge in [-0.3, -0.25) is 4.79 Å². The first-order valence-electron chi connectivity index (χ1n) is 6.45. The lowest BCUT2D eigenvalue weighted by atomic mass is 9.99. The number of benzene rings is 1. The fourth-order valence-electron chi connectivity index (χ4n) is 2.40. The first-order chi connectivity index (χ1) is 8.61. The van der Waals surface area contributed by atoms with Gasteiger partial charge < -0.3 is 16.0 Å². The summed E-state index contributed by atoms with van der Waals surface area (Å²) in [6.07, 6.45) is 0. The average molecular weight is 247 g/mol. The lowest BCUT2D eigenvalue weighted by molar-refractivity contribution is -0.121. The molecule has 1 atom stereocenters. The Morgan fingerprint density at radius 3 is 2.83 bits per heavy atom. The number of para-hydroxylation sites is 1. The summed E-state index contributed by atoms with van der Waals surface area (Å²) in [5.74, 6) is 0.498. The molecule has 1 fully saturated rings. The molecule has 1 aliphatic rings. The highest BCUT2D eigenvalue weighted by Crippen LogP contribution is 2.27. The van der Waals surface area contributed by atoms with Gasteiger partial charge in [-0.05, 0) is 17.5 Å². The third-order valence-corrected chi connectivity index (χ3v) is 3.32. The second-order valence-electron chi connectivity index (χ2n) is 5.09. The van der Waals surface area contributed by atoms with E-state index in [9.17, 15) is 4.79 Å². The van der Waals surface area contributed by atoms with E-state index in [1.54, 1.807) is 0 Å². The predicted molar refractivity (Wildman–Crippen MR) is 73.7 cm³/mol. The zero-order valence-electron chi connectivity index (χ0n) is 11.0. The number of nitrogens with zero attached hydrogens (tertiary/aromatic N) is 1. The van der Waals surface area contributed by atoms with Crippen LogP contribution in [0, 0.1) is 0 Å². The fourth-order valence-corrected chi connectivity index (χ4v) is 2.40. The quantitative estimate of drug-likeness (QED) is 0.840. The molecule has 3 N–H and O–H groups in total. The van der Waals surface area contributed by atoms with Crippen LogP contribution in [0.15, 0.2) is 24.3 Å². The van der Waals surface area contributed by atoms with Crippen LogP contribution in [-0.4, -0.2) is 31.6 Å². The Morgan fingerprint density at radius 1 is 1.44 bits per heavy atom. The summed E-state index contributed by atoms with van der Waals surface area (Å²) >= 11 is 0. The standard InChI is InChI=1S/C14H21N3O/c1-10(2)12-5-3-4-6-13(12)17-8-11(7-15)16-14(18)9-17/h3-6,10-11H,7-9,15H2,1-2H3,(H,16,18). The zero-order chi connectivity index (χ0) is 13.1. The van der Waals surface area contributed by atoms with Gasteiger partial charge in [0.05, 0.1) is 12.6 Å². The van der Waals surface area contributed by atoms with Crippen molar-refractivity contribution in [1.29, 1.82) is 0 Å². The second kappa shape index (κ2) is 5.40. The van der Waals surface area contributed by atoms with Crippen LogP contribution < -0.4 is 16.0 Å². The van der Waals surface area contributed by atoms with Gasteiger partial charge in [0.15, 0.2) is 0 Å². The normalized spacial score (nSPS) is 20.1. The van der Waals surface area contributed by atoms with Crippen molar-refractivity contribution in [3.8, 4) is 0 Å². The number of hydrogen-bond donors (Lipinski definition) is 2. The zero-order valence-corrected chi connectivity index (χ0v) is 11.0. The van der Waals surface area contributed by atoms with Gasteiger partial charge in [0.25, 0.3) is 0 Å². The van der Waals surface area contributed by atoms with Gasteiger partial charge >= 0.3 is 0 Å². The molecular formula is C14H21N3O. The number of anilines is 1. The maximum Gasteiger partial charge on any atom is 0.239 e. The summed E-state index contributed by atoms with van der Waals surface area (Å²) in [5, 5.41) is 2.91. The minimum Gasteiger partial charge on any atom is -0.360 e. The van der Waals surface area contributed by atoms with E-state index < -0.39 is 0 Å². The van der Waals surface area contributed by atoms with Crippen molar-refractivity contribution < 1.29 is 4.79 Å². The summed E-state index contributed by atoms with van der Waals surface area (Å²) in [6, 6.07) is 8.33. The molecule has 1 amide bonds. The Bertz CT molecular complexity index is 431. The van der Waals surface area contributed by atoms with E-state index in [-0.39, 0.29) is 11.9 Å². The SMILES string of the molecule is CC(C)c1ccccc1N1CC(=O)NC(CN)C1. The van der Waals surface area contributed by atoms with Crippen molar-refractivity contribution in [3.05, 3.63) is 29.8 Å². The molecule has 0 spiro atoms. The van der Waals surface area contributed by atoms with Crippen molar-refractivity contribution in [2.24, 2.45) is 5.73 Å². The van der Waals surface area contributed by atoms with Gasteiger partial charge in [-0.25, -0.2) is 0 Å². The van der Waals surface area contributed by atoms with Crippen molar-refractivity contribution in [2.75, 3.05) is 24.5 Å². The van der Waals surface area contributed by atoms with E-state index in [1.807, 2.05) is 12.1 Å². The van der Waals surface area contributed by atoms with Gasteiger partial charge in [0.1, 0.15) is 0 Å². The maximum absolute atomic E-state index is 11.7. The third-order valence-electron chi connectivity index (χ3n) is 3.32. The van der Waals surface area contributed by atoms with Crippen LogP contribution in [0.4, 0.5) is 5.69 Å². The molecule has 1 saturated heterocycles. The van der Waals surface area contributed by atoms with Crippen LogP contribution in [0.1, 0.15) is 25.3 Å². The molecule has 1 unspecified atom stereocenters. The van der Waals surface area contributed by atoms with Crippen LogP contribution in [0.5, 0.6) is 0 Å². The summed E-state index contributed by atoms with van der Waals surface area (Å²) in [7, 11) is 0. The lowest BCUT2D eigenvalue weighted by Crippen LogP contribution is -2.57. The smallest absolute Gasteiger partial charge is 0.239 e. The van der Waals surface area contributed by atoms with Gasteiger partial charge in [0, 0.05) is 18.8 Å². The molecule has 1 heterocycles. The van der Waals surface area contributed by atoms with E-state index in [1.165, 1.54) is 5.56 Å². The van der Waals surface area contributed by atoms with E-state index >= 15 is 0 Å². The van der Waals surface area contributed by atoms with Crippen LogP contribution in [0.25, 0.3) is 0 Å². The fraction of sp³-hybridized carbons (Fsp3) is 0.500. The van der Waals surface area contributed by atoms with E-state index in [0.717, 1.165) is 12.2 Å². The largest absolute Gasteiger partial charge is 0.360 e. The van der Waals surface area contributed by atoms with Gasteiger partial charge in [-0.2, -0.15) is 0 Å². The highest BCUT2D eigenvalue weighted by Gasteiger charge is 2.25. The molecule has 0 aromatic heterocycles. The summed E-state index contributed by atoms with van der Waals surface area (Å²) in [4.78, 5) is 13.8. The number of nitrogens with two attached hydrogens (primary N) is 1. The Labute approximate surface area is 108 Å². The third kappa shape index (κ3) is 2.64. The molecule has 0 bridgehead atoms. The van der Waals surface area contributed by atoms with Crippen LogP contribution in [-0.2, 0) is 4.79 Å². The van der Waals surface area contributed by atoms with Crippen molar-refractivity contribution in [2.45, 2.75) is 25.8 Å². The average Bonchev–Trinajstić information content (AvgIpc) is 2.38. The molecule has 4 nitrogen and oxygen atoms in total. The van der Waals surface area contributed by atoms with Gasteiger partial charge in [-0.15, -0.1) is 0 Å². The van der Waals surface area contributed by atoms with Crippen molar-refractivity contribution >= 4 is 11.6 Å². The summed E-state index contributed by atoms with van der Waals surface area (Å²) < 4.78 is 0. The first-order valence-corrected chi connectivity index (χ1v) is 6.45. The number of piperazine rings is 1.